The van der Waals surface area contributed by atoms with Crippen molar-refractivity contribution in [3.8, 4) is 0 Å². The lowest BCUT2D eigenvalue weighted by atomic mass is 10.0. The SMILES string of the molecule is CCCC(C)(C)NS(=O)(=O)c1cccc(/C=C/C(=O)O)c1. The molecule has 1 aromatic carbocycles. The molecule has 0 radical (unpaired) electrons. The number of rotatable bonds is 7. The molecule has 0 saturated heterocycles. The minimum atomic E-state index is -3.63. The quantitative estimate of drug-likeness (QED) is 0.758. The molecule has 0 aliphatic carbocycles. The first kappa shape index (κ1) is 17.4. The van der Waals surface area contributed by atoms with Gasteiger partial charge >= 0.3 is 5.97 Å². The summed E-state index contributed by atoms with van der Waals surface area (Å²) in [5.74, 6) is -1.08. The molecule has 0 aromatic heterocycles. The number of carboxylic acids is 1. The molecular weight excluding hydrogens is 290 g/mol. The molecule has 21 heavy (non-hydrogen) atoms. The molecule has 6 heteroatoms. The van der Waals surface area contributed by atoms with Gasteiger partial charge < -0.3 is 5.11 Å². The molecule has 1 aromatic rings. The molecule has 0 aliphatic rings. The van der Waals surface area contributed by atoms with E-state index < -0.39 is 21.5 Å². The molecule has 0 bridgehead atoms. The van der Waals surface area contributed by atoms with E-state index in [2.05, 4.69) is 4.72 Å². The van der Waals surface area contributed by atoms with Gasteiger partial charge in [0.15, 0.2) is 0 Å². The Bertz CT molecular complexity index is 633. The van der Waals surface area contributed by atoms with Gasteiger partial charge in [-0.05, 0) is 44.0 Å². The van der Waals surface area contributed by atoms with Gasteiger partial charge in [0.25, 0.3) is 0 Å². The number of hydrogen-bond acceptors (Lipinski definition) is 3. The van der Waals surface area contributed by atoms with Crippen LogP contribution in [0.1, 0.15) is 39.2 Å². The Labute approximate surface area is 125 Å². The topological polar surface area (TPSA) is 83.5 Å². The van der Waals surface area contributed by atoms with Crippen molar-refractivity contribution in [1.29, 1.82) is 0 Å². The highest BCUT2D eigenvalue weighted by atomic mass is 32.2. The first-order valence-corrected chi connectivity index (χ1v) is 8.20. The van der Waals surface area contributed by atoms with Gasteiger partial charge in [0.05, 0.1) is 4.90 Å². The van der Waals surface area contributed by atoms with Crippen molar-refractivity contribution in [3.63, 3.8) is 0 Å². The average molecular weight is 311 g/mol. The third-order valence-electron chi connectivity index (χ3n) is 2.87. The molecule has 0 saturated carbocycles. The third kappa shape index (κ3) is 5.69. The van der Waals surface area contributed by atoms with E-state index in [-0.39, 0.29) is 4.90 Å². The van der Waals surface area contributed by atoms with Gasteiger partial charge in [0, 0.05) is 11.6 Å². The highest BCUT2D eigenvalue weighted by Crippen LogP contribution is 2.18. The van der Waals surface area contributed by atoms with Crippen molar-refractivity contribution in [2.45, 2.75) is 44.0 Å². The zero-order valence-corrected chi connectivity index (χ0v) is 13.3. The minimum absolute atomic E-state index is 0.124. The van der Waals surface area contributed by atoms with Crippen LogP contribution in [0.4, 0.5) is 0 Å². The fraction of sp³-hybridized carbons (Fsp3) is 0.400. The van der Waals surface area contributed by atoms with Crippen LogP contribution in [0.15, 0.2) is 35.2 Å². The van der Waals surface area contributed by atoms with Gasteiger partial charge in [-0.2, -0.15) is 0 Å². The molecule has 0 aliphatic heterocycles. The number of hydrogen-bond donors (Lipinski definition) is 2. The van der Waals surface area contributed by atoms with Crippen LogP contribution in [-0.2, 0) is 14.8 Å². The second-order valence-electron chi connectivity index (χ2n) is 5.48. The number of carboxylic acid groups (broad SMARTS) is 1. The number of aliphatic carboxylic acids is 1. The van der Waals surface area contributed by atoms with Crippen LogP contribution in [0, 0.1) is 0 Å². The van der Waals surface area contributed by atoms with Crippen molar-refractivity contribution >= 4 is 22.1 Å². The molecule has 0 heterocycles. The molecule has 5 nitrogen and oxygen atoms in total. The molecule has 0 fully saturated rings. The van der Waals surface area contributed by atoms with E-state index in [4.69, 9.17) is 5.11 Å². The second-order valence-corrected chi connectivity index (χ2v) is 7.17. The second kappa shape index (κ2) is 6.87. The zero-order chi connectivity index (χ0) is 16.1. The Morgan fingerprint density at radius 1 is 1.38 bits per heavy atom. The van der Waals surface area contributed by atoms with Crippen LogP contribution in [0.2, 0.25) is 0 Å². The fourth-order valence-corrected chi connectivity index (χ4v) is 3.55. The van der Waals surface area contributed by atoms with Crippen LogP contribution in [0.5, 0.6) is 0 Å². The Morgan fingerprint density at radius 2 is 2.05 bits per heavy atom. The van der Waals surface area contributed by atoms with Gasteiger partial charge in [-0.1, -0.05) is 25.5 Å². The Balaban J connectivity index is 3.04. The molecule has 0 amide bonds. The Morgan fingerprint density at radius 3 is 2.62 bits per heavy atom. The summed E-state index contributed by atoms with van der Waals surface area (Å²) in [5.41, 5.74) is -0.00546. The lowest BCUT2D eigenvalue weighted by Crippen LogP contribution is -2.43. The normalized spacial score (nSPS) is 12.7. The fourth-order valence-electron chi connectivity index (χ4n) is 2.05. The average Bonchev–Trinajstić information content (AvgIpc) is 2.35. The summed E-state index contributed by atoms with van der Waals surface area (Å²) in [5, 5.41) is 8.60. The zero-order valence-electron chi connectivity index (χ0n) is 12.5. The number of carbonyl (C=O) groups is 1. The Hall–Kier alpha value is -1.66. The summed E-state index contributed by atoms with van der Waals surface area (Å²) in [6.45, 7) is 5.66. The van der Waals surface area contributed by atoms with E-state index in [0.717, 1.165) is 18.9 Å². The van der Waals surface area contributed by atoms with E-state index in [0.29, 0.717) is 5.56 Å². The van der Waals surface area contributed by atoms with Gasteiger partial charge in [0.2, 0.25) is 10.0 Å². The van der Waals surface area contributed by atoms with Crippen LogP contribution < -0.4 is 4.72 Å². The standard InChI is InChI=1S/C15H21NO4S/c1-4-10-15(2,3)16-21(19,20)13-7-5-6-12(11-13)8-9-14(17)18/h5-9,11,16H,4,10H2,1-3H3,(H,17,18)/b9-8+. The largest absolute Gasteiger partial charge is 0.478 e. The van der Waals surface area contributed by atoms with E-state index in [1.54, 1.807) is 12.1 Å². The third-order valence-corrected chi connectivity index (χ3v) is 4.57. The van der Waals surface area contributed by atoms with Crippen molar-refractivity contribution < 1.29 is 18.3 Å². The van der Waals surface area contributed by atoms with Crippen LogP contribution in [0.25, 0.3) is 6.08 Å². The summed E-state index contributed by atoms with van der Waals surface area (Å²) >= 11 is 0. The molecule has 0 unspecified atom stereocenters. The number of benzene rings is 1. The van der Waals surface area contributed by atoms with Gasteiger partial charge in [-0.3, -0.25) is 0 Å². The highest BCUT2D eigenvalue weighted by Gasteiger charge is 2.25. The maximum atomic E-state index is 12.4. The van der Waals surface area contributed by atoms with E-state index in [1.165, 1.54) is 18.2 Å². The highest BCUT2D eigenvalue weighted by molar-refractivity contribution is 7.89. The predicted octanol–water partition coefficient (Wildman–Crippen LogP) is 2.64. The first-order chi connectivity index (χ1) is 9.66. The monoisotopic (exact) mass is 311 g/mol. The van der Waals surface area contributed by atoms with E-state index in [1.807, 2.05) is 20.8 Å². The van der Waals surface area contributed by atoms with Gasteiger partial charge in [-0.25, -0.2) is 17.9 Å². The van der Waals surface area contributed by atoms with Crippen molar-refractivity contribution in [1.82, 2.24) is 4.72 Å². The number of sulfonamides is 1. The van der Waals surface area contributed by atoms with Crippen molar-refractivity contribution in [2.24, 2.45) is 0 Å². The minimum Gasteiger partial charge on any atom is -0.478 e. The molecule has 116 valence electrons. The lowest BCUT2D eigenvalue weighted by molar-refractivity contribution is -0.131. The van der Waals surface area contributed by atoms with E-state index >= 15 is 0 Å². The molecule has 2 N–H and O–H groups in total. The smallest absolute Gasteiger partial charge is 0.328 e. The maximum Gasteiger partial charge on any atom is 0.328 e. The first-order valence-electron chi connectivity index (χ1n) is 6.71. The predicted molar refractivity (Wildman–Crippen MR) is 82.4 cm³/mol. The molecule has 1 rings (SSSR count). The van der Waals surface area contributed by atoms with Crippen molar-refractivity contribution in [3.05, 3.63) is 35.9 Å². The summed E-state index contributed by atoms with van der Waals surface area (Å²) in [4.78, 5) is 10.6. The summed E-state index contributed by atoms with van der Waals surface area (Å²) < 4.78 is 27.4. The Kier molecular flexibility index (Phi) is 5.69. The summed E-state index contributed by atoms with van der Waals surface area (Å²) in [6.07, 6.45) is 3.93. The molecular formula is C15H21NO4S. The summed E-state index contributed by atoms with van der Waals surface area (Å²) in [7, 11) is -3.63. The number of nitrogens with one attached hydrogen (secondary N) is 1. The maximum absolute atomic E-state index is 12.4. The van der Waals surface area contributed by atoms with Crippen molar-refractivity contribution in [2.75, 3.05) is 0 Å². The molecule has 0 spiro atoms. The van der Waals surface area contributed by atoms with Crippen LogP contribution >= 0.6 is 0 Å². The lowest BCUT2D eigenvalue weighted by Gasteiger charge is -2.25. The summed E-state index contributed by atoms with van der Waals surface area (Å²) in [6, 6.07) is 6.17. The van der Waals surface area contributed by atoms with Gasteiger partial charge in [-0.15, -0.1) is 0 Å². The van der Waals surface area contributed by atoms with Gasteiger partial charge in [0.1, 0.15) is 0 Å². The van der Waals surface area contributed by atoms with E-state index in [9.17, 15) is 13.2 Å². The molecule has 0 atom stereocenters. The van der Waals surface area contributed by atoms with Crippen LogP contribution in [0.3, 0.4) is 0 Å². The van der Waals surface area contributed by atoms with Crippen LogP contribution in [-0.4, -0.2) is 25.0 Å².